The van der Waals surface area contributed by atoms with E-state index in [9.17, 15) is 0 Å². The predicted molar refractivity (Wildman–Crippen MR) is 110 cm³/mol. The Labute approximate surface area is 149 Å². The molecule has 0 bridgehead atoms. The van der Waals surface area contributed by atoms with Crippen LogP contribution in [-0.4, -0.2) is 11.5 Å². The standard InChI is InChI=1S/C20H42S2/c1-3-5-7-8-9-10-11-12-13-14-15-16-17-18-20-22-21-19-6-4-2/h3-20H2,1-2H3. The summed E-state index contributed by atoms with van der Waals surface area (Å²) in [5, 5.41) is 0. The fraction of sp³-hybridized carbons (Fsp3) is 1.00. The highest BCUT2D eigenvalue weighted by Crippen LogP contribution is 2.24. The number of hydrogen-bond acceptors (Lipinski definition) is 2. The summed E-state index contributed by atoms with van der Waals surface area (Å²) in [6, 6.07) is 0. The van der Waals surface area contributed by atoms with Gasteiger partial charge in [-0.2, -0.15) is 0 Å². The van der Waals surface area contributed by atoms with Crippen molar-refractivity contribution in [3.05, 3.63) is 0 Å². The second-order valence-corrected chi connectivity index (χ2v) is 9.30. The number of unbranched alkanes of at least 4 members (excludes halogenated alkanes) is 14. The normalized spacial score (nSPS) is 11.2. The largest absolute Gasteiger partial charge is 0.0942 e. The highest BCUT2D eigenvalue weighted by molar-refractivity contribution is 8.76. The van der Waals surface area contributed by atoms with Gasteiger partial charge < -0.3 is 0 Å². The third kappa shape index (κ3) is 20.7. The van der Waals surface area contributed by atoms with Gasteiger partial charge in [-0.3, -0.25) is 0 Å². The van der Waals surface area contributed by atoms with Crippen LogP contribution in [0.2, 0.25) is 0 Å². The molecule has 0 aromatic heterocycles. The van der Waals surface area contributed by atoms with E-state index in [4.69, 9.17) is 0 Å². The molecular weight excluding hydrogens is 304 g/mol. The van der Waals surface area contributed by atoms with Gasteiger partial charge in [0.25, 0.3) is 0 Å². The Balaban J connectivity index is 2.91. The molecule has 0 saturated heterocycles. The zero-order chi connectivity index (χ0) is 16.1. The lowest BCUT2D eigenvalue weighted by molar-refractivity contribution is 0.538. The van der Waals surface area contributed by atoms with Gasteiger partial charge in [0, 0.05) is 11.5 Å². The first-order valence-electron chi connectivity index (χ1n) is 10.2. The molecule has 0 radical (unpaired) electrons. The summed E-state index contributed by atoms with van der Waals surface area (Å²) in [6.45, 7) is 4.57. The maximum absolute atomic E-state index is 2.30. The zero-order valence-corrected chi connectivity index (χ0v) is 17.2. The van der Waals surface area contributed by atoms with E-state index in [-0.39, 0.29) is 0 Å². The summed E-state index contributed by atoms with van der Waals surface area (Å²) in [5.41, 5.74) is 0. The molecule has 0 amide bonds. The van der Waals surface area contributed by atoms with Crippen molar-refractivity contribution in [2.75, 3.05) is 11.5 Å². The van der Waals surface area contributed by atoms with Crippen LogP contribution in [-0.2, 0) is 0 Å². The topological polar surface area (TPSA) is 0 Å². The third-order valence-electron chi connectivity index (χ3n) is 4.25. The maximum atomic E-state index is 2.30. The molecule has 0 saturated carbocycles. The fourth-order valence-corrected chi connectivity index (χ4v) is 5.06. The molecule has 0 aliphatic heterocycles. The summed E-state index contributed by atoms with van der Waals surface area (Å²) in [5.74, 6) is 2.71. The van der Waals surface area contributed by atoms with Crippen molar-refractivity contribution < 1.29 is 0 Å². The molecule has 0 heterocycles. The van der Waals surface area contributed by atoms with Crippen LogP contribution in [0.15, 0.2) is 0 Å². The molecule has 134 valence electrons. The molecule has 0 aromatic rings. The summed E-state index contributed by atoms with van der Waals surface area (Å²) < 4.78 is 0. The van der Waals surface area contributed by atoms with Crippen molar-refractivity contribution in [2.45, 2.75) is 117 Å². The number of rotatable bonds is 19. The van der Waals surface area contributed by atoms with Crippen LogP contribution in [0.25, 0.3) is 0 Å². The summed E-state index contributed by atoms with van der Waals surface area (Å²) in [4.78, 5) is 0. The second-order valence-electron chi connectivity index (χ2n) is 6.59. The minimum Gasteiger partial charge on any atom is -0.0942 e. The minimum absolute atomic E-state index is 1.34. The molecule has 0 nitrogen and oxygen atoms in total. The summed E-state index contributed by atoms with van der Waals surface area (Å²) in [7, 11) is 4.17. The number of hydrogen-bond donors (Lipinski definition) is 0. The average Bonchev–Trinajstić information content (AvgIpc) is 2.54. The summed E-state index contributed by atoms with van der Waals surface area (Å²) in [6.07, 6.45) is 23.2. The molecule has 0 aliphatic carbocycles. The first-order valence-corrected chi connectivity index (χ1v) is 12.6. The van der Waals surface area contributed by atoms with Crippen molar-refractivity contribution >= 4 is 21.6 Å². The van der Waals surface area contributed by atoms with Crippen LogP contribution in [0.1, 0.15) is 117 Å². The lowest BCUT2D eigenvalue weighted by Gasteiger charge is -2.03. The maximum Gasteiger partial charge on any atom is 0.00369 e. The van der Waals surface area contributed by atoms with Crippen molar-refractivity contribution in [1.82, 2.24) is 0 Å². The molecule has 0 spiro atoms. The second kappa shape index (κ2) is 21.7. The van der Waals surface area contributed by atoms with E-state index in [1.54, 1.807) is 0 Å². The Hall–Kier alpha value is 0.700. The Morgan fingerprint density at radius 1 is 0.364 bits per heavy atom. The van der Waals surface area contributed by atoms with E-state index in [2.05, 4.69) is 35.4 Å². The summed E-state index contributed by atoms with van der Waals surface area (Å²) >= 11 is 0. The van der Waals surface area contributed by atoms with Crippen molar-refractivity contribution in [1.29, 1.82) is 0 Å². The lowest BCUT2D eigenvalue weighted by atomic mass is 10.0. The Morgan fingerprint density at radius 2 is 0.682 bits per heavy atom. The van der Waals surface area contributed by atoms with Crippen molar-refractivity contribution in [3.8, 4) is 0 Å². The Morgan fingerprint density at radius 3 is 1.09 bits per heavy atom. The van der Waals surface area contributed by atoms with Gasteiger partial charge in [0.15, 0.2) is 0 Å². The fourth-order valence-electron chi connectivity index (χ4n) is 2.68. The Kier molecular flexibility index (Phi) is 22.4. The van der Waals surface area contributed by atoms with Gasteiger partial charge in [-0.15, -0.1) is 0 Å². The van der Waals surface area contributed by atoms with Crippen LogP contribution in [0.4, 0.5) is 0 Å². The molecule has 0 N–H and O–H groups in total. The molecule has 0 fully saturated rings. The van der Waals surface area contributed by atoms with Gasteiger partial charge in [0.05, 0.1) is 0 Å². The van der Waals surface area contributed by atoms with Crippen LogP contribution >= 0.6 is 21.6 Å². The quantitative estimate of drug-likeness (QED) is 0.169. The van der Waals surface area contributed by atoms with Gasteiger partial charge in [0.1, 0.15) is 0 Å². The predicted octanol–water partition coefficient (Wildman–Crippen LogP) is 8.65. The third-order valence-corrected chi connectivity index (χ3v) is 6.82. The molecule has 0 aliphatic rings. The average molecular weight is 347 g/mol. The van der Waals surface area contributed by atoms with E-state index in [0.717, 1.165) is 0 Å². The zero-order valence-electron chi connectivity index (χ0n) is 15.5. The van der Waals surface area contributed by atoms with E-state index < -0.39 is 0 Å². The van der Waals surface area contributed by atoms with E-state index in [0.29, 0.717) is 0 Å². The highest BCUT2D eigenvalue weighted by atomic mass is 33.1. The SMILES string of the molecule is CCCCCCCCCCCCCCCCSSCCCC. The van der Waals surface area contributed by atoms with E-state index in [1.165, 1.54) is 114 Å². The van der Waals surface area contributed by atoms with Crippen LogP contribution in [0, 0.1) is 0 Å². The van der Waals surface area contributed by atoms with Gasteiger partial charge >= 0.3 is 0 Å². The smallest absolute Gasteiger partial charge is 0.00369 e. The molecule has 0 rings (SSSR count). The Bertz CT molecular complexity index is 163. The van der Waals surface area contributed by atoms with Gasteiger partial charge in [0.2, 0.25) is 0 Å². The first-order chi connectivity index (χ1) is 10.9. The van der Waals surface area contributed by atoms with Gasteiger partial charge in [-0.1, -0.05) is 125 Å². The molecule has 2 heteroatoms. The molecule has 0 atom stereocenters. The van der Waals surface area contributed by atoms with E-state index in [1.807, 2.05) is 0 Å². The first kappa shape index (κ1) is 22.7. The monoisotopic (exact) mass is 346 g/mol. The van der Waals surface area contributed by atoms with Crippen LogP contribution < -0.4 is 0 Å². The molecule has 0 aromatic carbocycles. The van der Waals surface area contributed by atoms with Gasteiger partial charge in [-0.05, 0) is 12.8 Å². The van der Waals surface area contributed by atoms with Gasteiger partial charge in [-0.25, -0.2) is 0 Å². The van der Waals surface area contributed by atoms with Crippen molar-refractivity contribution in [3.63, 3.8) is 0 Å². The van der Waals surface area contributed by atoms with Crippen LogP contribution in [0.5, 0.6) is 0 Å². The van der Waals surface area contributed by atoms with Crippen molar-refractivity contribution in [2.24, 2.45) is 0 Å². The van der Waals surface area contributed by atoms with Crippen LogP contribution in [0.3, 0.4) is 0 Å². The lowest BCUT2D eigenvalue weighted by Crippen LogP contribution is -1.84. The minimum atomic E-state index is 1.34. The van der Waals surface area contributed by atoms with E-state index >= 15 is 0 Å². The highest BCUT2D eigenvalue weighted by Gasteiger charge is 1.95. The molecular formula is C20H42S2. The molecule has 22 heavy (non-hydrogen) atoms. The molecule has 0 unspecified atom stereocenters.